The molecular weight excluding hydrogens is 278 g/mol. The van der Waals surface area contributed by atoms with Crippen LogP contribution in [-0.4, -0.2) is 20.1 Å². The Balaban J connectivity index is 1.86. The van der Waals surface area contributed by atoms with Gasteiger partial charge >= 0.3 is 0 Å². The first-order valence-electron chi connectivity index (χ1n) is 7.24. The van der Waals surface area contributed by atoms with E-state index in [-0.39, 0.29) is 5.91 Å². The van der Waals surface area contributed by atoms with Crippen molar-refractivity contribution in [2.75, 3.05) is 14.2 Å². The van der Waals surface area contributed by atoms with Crippen molar-refractivity contribution in [1.29, 1.82) is 0 Å². The summed E-state index contributed by atoms with van der Waals surface area (Å²) in [5, 5.41) is 2.92. The van der Waals surface area contributed by atoms with E-state index in [0.29, 0.717) is 18.7 Å². The first-order valence-corrected chi connectivity index (χ1v) is 7.24. The van der Waals surface area contributed by atoms with E-state index >= 15 is 0 Å². The Hall–Kier alpha value is -2.49. The van der Waals surface area contributed by atoms with E-state index < -0.39 is 0 Å². The maximum absolute atomic E-state index is 11.9. The zero-order valence-electron chi connectivity index (χ0n) is 13.0. The lowest BCUT2D eigenvalue weighted by Gasteiger charge is -2.11. The average molecular weight is 299 g/mol. The van der Waals surface area contributed by atoms with Gasteiger partial charge in [0.2, 0.25) is 5.91 Å². The smallest absolute Gasteiger partial charge is 0.220 e. The van der Waals surface area contributed by atoms with Gasteiger partial charge < -0.3 is 14.8 Å². The van der Waals surface area contributed by atoms with E-state index in [9.17, 15) is 4.79 Å². The summed E-state index contributed by atoms with van der Waals surface area (Å²) in [6.07, 6.45) is 1.22. The molecule has 0 unspecified atom stereocenters. The van der Waals surface area contributed by atoms with Gasteiger partial charge in [0.25, 0.3) is 0 Å². The zero-order valence-corrected chi connectivity index (χ0v) is 13.0. The first-order chi connectivity index (χ1) is 10.7. The molecule has 0 aliphatic carbocycles. The fourth-order valence-electron chi connectivity index (χ4n) is 2.18. The molecular formula is C18H21NO3. The van der Waals surface area contributed by atoms with Crippen molar-refractivity contribution < 1.29 is 14.3 Å². The van der Waals surface area contributed by atoms with Gasteiger partial charge in [-0.3, -0.25) is 4.79 Å². The highest BCUT2D eigenvalue weighted by atomic mass is 16.5. The third-order valence-electron chi connectivity index (χ3n) is 3.45. The van der Waals surface area contributed by atoms with E-state index in [4.69, 9.17) is 9.47 Å². The third kappa shape index (κ3) is 4.52. The quantitative estimate of drug-likeness (QED) is 0.855. The van der Waals surface area contributed by atoms with Crippen molar-refractivity contribution in [3.8, 4) is 11.5 Å². The molecule has 0 heterocycles. The van der Waals surface area contributed by atoms with E-state index in [2.05, 4.69) is 5.32 Å². The fourth-order valence-corrected chi connectivity index (χ4v) is 2.18. The minimum Gasteiger partial charge on any atom is -0.497 e. The van der Waals surface area contributed by atoms with Crippen LogP contribution in [0.15, 0.2) is 48.5 Å². The molecule has 0 aliphatic heterocycles. The van der Waals surface area contributed by atoms with E-state index in [1.165, 1.54) is 5.56 Å². The topological polar surface area (TPSA) is 47.6 Å². The van der Waals surface area contributed by atoms with E-state index in [1.54, 1.807) is 14.2 Å². The number of hydrogen-bond acceptors (Lipinski definition) is 3. The second-order valence-corrected chi connectivity index (χ2v) is 4.94. The Morgan fingerprint density at radius 2 is 1.82 bits per heavy atom. The van der Waals surface area contributed by atoms with E-state index in [1.807, 2.05) is 48.5 Å². The number of nitrogens with one attached hydrogen (secondary N) is 1. The van der Waals surface area contributed by atoms with Crippen LogP contribution < -0.4 is 14.8 Å². The third-order valence-corrected chi connectivity index (χ3v) is 3.45. The number of hydrogen-bond donors (Lipinski definition) is 1. The summed E-state index contributed by atoms with van der Waals surface area (Å²) in [6, 6.07) is 15.6. The number of benzene rings is 2. The minimum atomic E-state index is 0.0294. The molecule has 0 aromatic heterocycles. The summed E-state index contributed by atoms with van der Waals surface area (Å²) in [5.74, 6) is 1.47. The predicted molar refractivity (Wildman–Crippen MR) is 86.2 cm³/mol. The van der Waals surface area contributed by atoms with Gasteiger partial charge in [0.15, 0.2) is 0 Å². The molecule has 1 amide bonds. The maximum atomic E-state index is 11.9. The Bertz CT molecular complexity index is 611. The van der Waals surface area contributed by atoms with Crippen LogP contribution >= 0.6 is 0 Å². The molecule has 2 aromatic rings. The van der Waals surface area contributed by atoms with Crippen molar-refractivity contribution >= 4 is 5.91 Å². The van der Waals surface area contributed by atoms with Gasteiger partial charge in [0, 0.05) is 24.6 Å². The van der Waals surface area contributed by atoms with Crippen molar-refractivity contribution in [2.24, 2.45) is 0 Å². The minimum absolute atomic E-state index is 0.0294. The maximum Gasteiger partial charge on any atom is 0.220 e. The number of ether oxygens (including phenoxy) is 2. The molecule has 0 spiro atoms. The van der Waals surface area contributed by atoms with Gasteiger partial charge in [-0.05, 0) is 24.1 Å². The molecule has 0 atom stereocenters. The molecule has 22 heavy (non-hydrogen) atoms. The molecule has 0 bridgehead atoms. The molecule has 116 valence electrons. The Morgan fingerprint density at radius 1 is 1.05 bits per heavy atom. The SMILES string of the molecule is COc1ccc(CNC(=O)CCc2ccccc2)c(OC)c1. The highest BCUT2D eigenvalue weighted by Gasteiger charge is 2.07. The summed E-state index contributed by atoms with van der Waals surface area (Å²) in [6.45, 7) is 0.445. The van der Waals surface area contributed by atoms with Crippen LogP contribution in [0.1, 0.15) is 17.5 Å². The number of aryl methyl sites for hydroxylation is 1. The Labute approximate surface area is 131 Å². The lowest BCUT2D eigenvalue weighted by molar-refractivity contribution is -0.121. The summed E-state index contributed by atoms with van der Waals surface area (Å²) in [4.78, 5) is 11.9. The normalized spacial score (nSPS) is 10.1. The van der Waals surface area contributed by atoms with Crippen LogP contribution in [0.5, 0.6) is 11.5 Å². The molecule has 0 fully saturated rings. The van der Waals surface area contributed by atoms with Crippen molar-refractivity contribution in [3.05, 3.63) is 59.7 Å². The van der Waals surface area contributed by atoms with Crippen molar-refractivity contribution in [2.45, 2.75) is 19.4 Å². The van der Waals surface area contributed by atoms with Crippen LogP contribution in [-0.2, 0) is 17.8 Å². The second-order valence-electron chi connectivity index (χ2n) is 4.94. The highest BCUT2D eigenvalue weighted by molar-refractivity contribution is 5.76. The summed E-state index contributed by atoms with van der Waals surface area (Å²) < 4.78 is 10.5. The molecule has 4 nitrogen and oxygen atoms in total. The van der Waals surface area contributed by atoms with Crippen LogP contribution in [0, 0.1) is 0 Å². The number of amides is 1. The van der Waals surface area contributed by atoms with Crippen LogP contribution in [0.25, 0.3) is 0 Å². The van der Waals surface area contributed by atoms with Gasteiger partial charge in [-0.1, -0.05) is 30.3 Å². The fraction of sp³-hybridized carbons (Fsp3) is 0.278. The molecule has 4 heteroatoms. The number of rotatable bonds is 7. The van der Waals surface area contributed by atoms with Crippen LogP contribution in [0.3, 0.4) is 0 Å². The molecule has 0 aliphatic rings. The number of carbonyl (C=O) groups is 1. The van der Waals surface area contributed by atoms with Crippen LogP contribution in [0.2, 0.25) is 0 Å². The zero-order chi connectivity index (χ0) is 15.8. The van der Waals surface area contributed by atoms with Gasteiger partial charge in [0.05, 0.1) is 14.2 Å². The molecule has 2 rings (SSSR count). The lowest BCUT2D eigenvalue weighted by Crippen LogP contribution is -2.23. The summed E-state index contributed by atoms with van der Waals surface area (Å²) in [7, 11) is 3.22. The van der Waals surface area contributed by atoms with Gasteiger partial charge in [-0.15, -0.1) is 0 Å². The van der Waals surface area contributed by atoms with Gasteiger partial charge in [0.1, 0.15) is 11.5 Å². The highest BCUT2D eigenvalue weighted by Crippen LogP contribution is 2.24. The summed E-state index contributed by atoms with van der Waals surface area (Å²) in [5.41, 5.74) is 2.09. The second kappa shape index (κ2) is 8.08. The predicted octanol–water partition coefficient (Wildman–Crippen LogP) is 2.95. The lowest BCUT2D eigenvalue weighted by atomic mass is 10.1. The Kier molecular flexibility index (Phi) is 5.83. The van der Waals surface area contributed by atoms with Gasteiger partial charge in [-0.2, -0.15) is 0 Å². The molecule has 0 saturated carbocycles. The van der Waals surface area contributed by atoms with Crippen LogP contribution in [0.4, 0.5) is 0 Å². The number of carbonyl (C=O) groups excluding carboxylic acids is 1. The molecule has 1 N–H and O–H groups in total. The monoisotopic (exact) mass is 299 g/mol. The molecule has 0 radical (unpaired) electrons. The first kappa shape index (κ1) is 15.9. The Morgan fingerprint density at radius 3 is 2.50 bits per heavy atom. The van der Waals surface area contributed by atoms with E-state index in [0.717, 1.165) is 17.7 Å². The average Bonchev–Trinajstić information content (AvgIpc) is 2.58. The number of methoxy groups -OCH3 is 2. The molecule has 2 aromatic carbocycles. The summed E-state index contributed by atoms with van der Waals surface area (Å²) >= 11 is 0. The van der Waals surface area contributed by atoms with Crippen molar-refractivity contribution in [1.82, 2.24) is 5.32 Å². The standard InChI is InChI=1S/C18H21NO3/c1-21-16-10-9-15(17(12-16)22-2)13-19-18(20)11-8-14-6-4-3-5-7-14/h3-7,9-10,12H,8,11,13H2,1-2H3,(H,19,20). The van der Waals surface area contributed by atoms with Crippen molar-refractivity contribution in [3.63, 3.8) is 0 Å². The molecule has 0 saturated heterocycles. The largest absolute Gasteiger partial charge is 0.497 e. The van der Waals surface area contributed by atoms with Gasteiger partial charge in [-0.25, -0.2) is 0 Å².